The van der Waals surface area contributed by atoms with Gasteiger partial charge in [-0.05, 0) is 85.6 Å². The molecule has 2 atom stereocenters. The maximum Gasteiger partial charge on any atom is 0.123 e. The maximum atomic E-state index is 13.1. The molecule has 1 aliphatic heterocycles. The molecule has 4 nitrogen and oxygen atoms in total. The molecule has 0 saturated carbocycles. The number of piperidine rings is 1. The van der Waals surface area contributed by atoms with Gasteiger partial charge >= 0.3 is 0 Å². The monoisotopic (exact) mass is 451 g/mol. The number of hydrogen-bond donors (Lipinski definition) is 2. The summed E-state index contributed by atoms with van der Waals surface area (Å²) in [6.07, 6.45) is 0.566. The van der Waals surface area contributed by atoms with E-state index in [4.69, 9.17) is 4.74 Å². The normalized spacial score (nSPS) is 17.3. The molecule has 2 unspecified atom stereocenters. The van der Waals surface area contributed by atoms with E-state index in [2.05, 4.69) is 31.7 Å². The predicted molar refractivity (Wildman–Crippen MR) is 125 cm³/mol. The number of aryl methyl sites for hydroxylation is 1. The van der Waals surface area contributed by atoms with Crippen molar-refractivity contribution < 1.29 is 19.3 Å². The Morgan fingerprint density at radius 3 is 2.29 bits per heavy atom. The number of nitrogens with zero attached hydrogens (tertiary/aromatic N) is 1. The van der Waals surface area contributed by atoms with Crippen LogP contribution in [0.2, 0.25) is 0 Å². The van der Waals surface area contributed by atoms with Gasteiger partial charge in [-0.15, -0.1) is 12.4 Å². The van der Waals surface area contributed by atoms with Crippen LogP contribution in [-0.4, -0.2) is 47.5 Å². The molecule has 172 valence electrons. The Hall–Kier alpha value is -1.66. The highest BCUT2D eigenvalue weighted by molar-refractivity contribution is 5.85. The van der Waals surface area contributed by atoms with Crippen molar-refractivity contribution in [1.29, 1.82) is 0 Å². The minimum Gasteiger partial charge on any atom is -0.491 e. The lowest BCUT2D eigenvalue weighted by Crippen LogP contribution is -2.41. The van der Waals surface area contributed by atoms with Crippen molar-refractivity contribution in [3.63, 3.8) is 0 Å². The summed E-state index contributed by atoms with van der Waals surface area (Å²) < 4.78 is 18.9. The number of rotatable bonds is 8. The second kappa shape index (κ2) is 11.8. The summed E-state index contributed by atoms with van der Waals surface area (Å²) in [6, 6.07) is 12.2. The fourth-order valence-corrected chi connectivity index (χ4v) is 4.31. The third-order valence-corrected chi connectivity index (χ3v) is 6.06. The van der Waals surface area contributed by atoms with Gasteiger partial charge in [-0.25, -0.2) is 4.39 Å². The molecule has 6 heteroatoms. The summed E-state index contributed by atoms with van der Waals surface area (Å²) in [5.74, 6) is 1.14. The lowest BCUT2D eigenvalue weighted by atomic mass is 9.87. The summed E-state index contributed by atoms with van der Waals surface area (Å²) in [7, 11) is 0. The van der Waals surface area contributed by atoms with Crippen LogP contribution in [0.5, 0.6) is 5.75 Å². The van der Waals surface area contributed by atoms with Crippen LogP contribution in [0.25, 0.3) is 0 Å². The Morgan fingerprint density at radius 1 is 1.06 bits per heavy atom. The van der Waals surface area contributed by atoms with E-state index in [1.807, 2.05) is 12.1 Å². The molecule has 2 aromatic rings. The average molecular weight is 452 g/mol. The zero-order valence-corrected chi connectivity index (χ0v) is 19.4. The van der Waals surface area contributed by atoms with E-state index in [1.54, 1.807) is 12.1 Å². The summed E-state index contributed by atoms with van der Waals surface area (Å²) >= 11 is 0. The van der Waals surface area contributed by atoms with E-state index in [0.717, 1.165) is 37.2 Å². The van der Waals surface area contributed by atoms with Crippen LogP contribution in [0.15, 0.2) is 42.5 Å². The van der Waals surface area contributed by atoms with Crippen LogP contribution in [0.1, 0.15) is 55.4 Å². The molecule has 0 radical (unpaired) electrons. The number of aliphatic hydroxyl groups is 2. The van der Waals surface area contributed by atoms with Gasteiger partial charge in [0.1, 0.15) is 24.3 Å². The number of β-amino-alcohol motifs (C(OH)–C–C–N with tert-alkyl or cyclic N) is 1. The average Bonchev–Trinajstić information content (AvgIpc) is 2.72. The number of benzene rings is 2. The Kier molecular flexibility index (Phi) is 9.76. The van der Waals surface area contributed by atoms with Crippen molar-refractivity contribution in [1.82, 2.24) is 4.90 Å². The van der Waals surface area contributed by atoms with Gasteiger partial charge < -0.3 is 19.8 Å². The summed E-state index contributed by atoms with van der Waals surface area (Å²) in [6.45, 7) is 8.90. The fourth-order valence-electron chi connectivity index (χ4n) is 4.31. The summed E-state index contributed by atoms with van der Waals surface area (Å²) in [5, 5.41) is 21.0. The fraction of sp³-hybridized carbons (Fsp3) is 0.520. The van der Waals surface area contributed by atoms with Crippen LogP contribution in [-0.2, 0) is 0 Å². The van der Waals surface area contributed by atoms with E-state index in [1.165, 1.54) is 23.3 Å². The molecule has 3 rings (SSSR count). The molecule has 1 heterocycles. The first-order valence-electron chi connectivity index (χ1n) is 10.9. The molecule has 0 aliphatic carbocycles. The summed E-state index contributed by atoms with van der Waals surface area (Å²) in [5.41, 5.74) is 3.29. The van der Waals surface area contributed by atoms with Gasteiger partial charge in [0, 0.05) is 6.54 Å². The first-order valence-corrected chi connectivity index (χ1v) is 10.9. The van der Waals surface area contributed by atoms with E-state index in [9.17, 15) is 14.6 Å². The van der Waals surface area contributed by atoms with Crippen molar-refractivity contribution >= 4 is 12.4 Å². The van der Waals surface area contributed by atoms with Gasteiger partial charge in [0.15, 0.2) is 0 Å². The molecule has 0 aromatic heterocycles. The SMILES string of the molecule is Cc1cc(OCC(O)CN2CCC(C(O)c3ccc(F)cc3)CC2)ccc1C(C)C.Cl. The summed E-state index contributed by atoms with van der Waals surface area (Å²) in [4.78, 5) is 2.22. The largest absolute Gasteiger partial charge is 0.491 e. The number of aliphatic hydroxyl groups excluding tert-OH is 2. The predicted octanol–water partition coefficient (Wildman–Crippen LogP) is 4.86. The quantitative estimate of drug-likeness (QED) is 0.601. The van der Waals surface area contributed by atoms with Crippen molar-refractivity contribution in [3.8, 4) is 5.75 Å². The molecule has 0 bridgehead atoms. The highest BCUT2D eigenvalue weighted by Gasteiger charge is 2.27. The molecule has 1 fully saturated rings. The molecule has 2 N–H and O–H groups in total. The highest BCUT2D eigenvalue weighted by Crippen LogP contribution is 2.31. The van der Waals surface area contributed by atoms with Crippen molar-refractivity contribution in [3.05, 3.63) is 65.0 Å². The molecule has 1 saturated heterocycles. The van der Waals surface area contributed by atoms with Gasteiger partial charge in [-0.3, -0.25) is 0 Å². The van der Waals surface area contributed by atoms with Crippen molar-refractivity contribution in [2.75, 3.05) is 26.2 Å². The zero-order chi connectivity index (χ0) is 21.7. The standard InChI is InChI=1S/C25H34FNO3.ClH/c1-17(2)24-9-8-23(14-18(24)3)30-16-22(28)15-27-12-10-20(11-13-27)25(29)19-4-6-21(26)7-5-19;/h4-9,14,17,20,22,25,28-29H,10-13,15-16H2,1-3H3;1H. The Labute approximate surface area is 191 Å². The third-order valence-electron chi connectivity index (χ3n) is 6.06. The number of ether oxygens (including phenoxy) is 1. The maximum absolute atomic E-state index is 13.1. The van der Waals surface area contributed by atoms with Gasteiger partial charge in [-0.2, -0.15) is 0 Å². The van der Waals surface area contributed by atoms with E-state index in [0.29, 0.717) is 12.5 Å². The Bertz CT molecular complexity index is 807. The van der Waals surface area contributed by atoms with Crippen LogP contribution < -0.4 is 4.74 Å². The van der Waals surface area contributed by atoms with E-state index in [-0.39, 0.29) is 30.7 Å². The van der Waals surface area contributed by atoms with Crippen molar-refractivity contribution in [2.45, 2.75) is 51.7 Å². The lowest BCUT2D eigenvalue weighted by molar-refractivity contribution is 0.0278. The van der Waals surface area contributed by atoms with E-state index >= 15 is 0 Å². The second-order valence-corrected chi connectivity index (χ2v) is 8.77. The van der Waals surface area contributed by atoms with Crippen LogP contribution in [0, 0.1) is 18.7 Å². The number of halogens is 2. The van der Waals surface area contributed by atoms with Gasteiger partial charge in [0.2, 0.25) is 0 Å². The van der Waals surface area contributed by atoms with Crippen LogP contribution in [0.4, 0.5) is 4.39 Å². The smallest absolute Gasteiger partial charge is 0.123 e. The third kappa shape index (κ3) is 7.18. The Morgan fingerprint density at radius 2 is 1.71 bits per heavy atom. The molecular formula is C25H35ClFNO3. The lowest BCUT2D eigenvalue weighted by Gasteiger charge is -2.35. The number of hydrogen-bond acceptors (Lipinski definition) is 4. The highest BCUT2D eigenvalue weighted by atomic mass is 35.5. The molecule has 0 spiro atoms. The van der Waals surface area contributed by atoms with Crippen LogP contribution in [0.3, 0.4) is 0 Å². The first-order chi connectivity index (χ1) is 14.3. The van der Waals surface area contributed by atoms with Crippen molar-refractivity contribution in [2.24, 2.45) is 5.92 Å². The van der Waals surface area contributed by atoms with Gasteiger partial charge in [0.25, 0.3) is 0 Å². The molecule has 31 heavy (non-hydrogen) atoms. The van der Waals surface area contributed by atoms with Crippen LogP contribution >= 0.6 is 12.4 Å². The second-order valence-electron chi connectivity index (χ2n) is 8.77. The molecular weight excluding hydrogens is 417 g/mol. The minimum absolute atomic E-state index is 0. The van der Waals surface area contributed by atoms with Gasteiger partial charge in [0.05, 0.1) is 6.10 Å². The minimum atomic E-state index is -0.571. The molecule has 1 aliphatic rings. The van der Waals surface area contributed by atoms with Gasteiger partial charge in [-0.1, -0.05) is 32.0 Å². The first kappa shape index (κ1) is 25.6. The van der Waals surface area contributed by atoms with E-state index < -0.39 is 12.2 Å². The number of likely N-dealkylation sites (tertiary alicyclic amines) is 1. The topological polar surface area (TPSA) is 52.9 Å². The zero-order valence-electron chi connectivity index (χ0n) is 18.6. The Balaban J connectivity index is 0.00000341. The molecule has 0 amide bonds. The molecule has 2 aromatic carbocycles.